The molecule has 1 aliphatic rings. The Kier molecular flexibility index (Phi) is 6.03. The Morgan fingerprint density at radius 1 is 1.32 bits per heavy atom. The number of fused-ring (bicyclic) bond motifs is 1. The van der Waals surface area contributed by atoms with Crippen molar-refractivity contribution in [1.29, 1.82) is 0 Å². The summed E-state index contributed by atoms with van der Waals surface area (Å²) in [4.78, 5) is 32.3. The third kappa shape index (κ3) is 4.19. The smallest absolute Gasteiger partial charge is 0.328 e. The van der Waals surface area contributed by atoms with E-state index in [9.17, 15) is 9.59 Å². The number of amides is 1. The molecule has 3 rings (SSSR count). The number of aromatic nitrogens is 1. The molecule has 0 radical (unpaired) electrons. The average Bonchev–Trinajstić information content (AvgIpc) is 2.98. The maximum absolute atomic E-state index is 12.6. The Hall–Kier alpha value is -2.41. The zero-order chi connectivity index (χ0) is 20.4. The molecule has 0 bridgehead atoms. The van der Waals surface area contributed by atoms with Crippen molar-refractivity contribution in [2.24, 2.45) is 5.92 Å². The monoisotopic (exact) mass is 402 g/mol. The number of esters is 1. The highest BCUT2D eigenvalue weighted by atomic mass is 32.1. The van der Waals surface area contributed by atoms with Gasteiger partial charge in [0, 0.05) is 10.4 Å². The topological polar surface area (TPSA) is 68.7 Å². The molecule has 0 spiro atoms. The van der Waals surface area contributed by atoms with E-state index in [2.05, 4.69) is 18.8 Å². The minimum absolute atomic E-state index is 0.0925. The van der Waals surface area contributed by atoms with Crippen molar-refractivity contribution in [3.8, 4) is 17.0 Å². The zero-order valence-electron chi connectivity index (χ0n) is 16.9. The first-order chi connectivity index (χ1) is 13.3. The van der Waals surface area contributed by atoms with Crippen molar-refractivity contribution >= 4 is 28.9 Å². The van der Waals surface area contributed by atoms with Gasteiger partial charge in [0.15, 0.2) is 6.61 Å². The van der Waals surface area contributed by atoms with Crippen LogP contribution < -0.4 is 9.64 Å². The molecule has 0 saturated carbocycles. The fourth-order valence-corrected chi connectivity index (χ4v) is 4.00. The van der Waals surface area contributed by atoms with Crippen LogP contribution in [0.4, 0.5) is 5.69 Å². The molecular weight excluding hydrogens is 376 g/mol. The maximum Gasteiger partial charge on any atom is 0.328 e. The fraction of sp³-hybridized carbons (Fsp3) is 0.476. The summed E-state index contributed by atoms with van der Waals surface area (Å²) in [7, 11) is 0. The van der Waals surface area contributed by atoms with E-state index in [4.69, 9.17) is 9.47 Å². The van der Waals surface area contributed by atoms with Crippen LogP contribution >= 0.6 is 11.3 Å². The van der Waals surface area contributed by atoms with Crippen molar-refractivity contribution < 1.29 is 19.1 Å². The van der Waals surface area contributed by atoms with E-state index in [1.165, 1.54) is 4.90 Å². The summed E-state index contributed by atoms with van der Waals surface area (Å²) in [5, 5.41) is 0.983. The van der Waals surface area contributed by atoms with Gasteiger partial charge in [0.25, 0.3) is 5.91 Å². The number of benzene rings is 1. The second kappa shape index (κ2) is 8.31. The summed E-state index contributed by atoms with van der Waals surface area (Å²) in [5.41, 5.74) is 2.35. The number of hydrogen-bond acceptors (Lipinski definition) is 6. The van der Waals surface area contributed by atoms with Crippen LogP contribution in [-0.4, -0.2) is 36.1 Å². The lowest BCUT2D eigenvalue weighted by Gasteiger charge is -2.33. The third-order valence-corrected chi connectivity index (χ3v) is 5.57. The minimum Gasteiger partial charge on any atom is -0.482 e. The Morgan fingerprint density at radius 3 is 2.71 bits per heavy atom. The lowest BCUT2D eigenvalue weighted by atomic mass is 10.1. The van der Waals surface area contributed by atoms with Crippen LogP contribution in [-0.2, 0) is 14.3 Å². The molecule has 0 saturated heterocycles. The molecule has 2 aromatic rings. The Balaban J connectivity index is 1.89. The van der Waals surface area contributed by atoms with Crippen LogP contribution in [0.3, 0.4) is 0 Å². The highest BCUT2D eigenvalue weighted by molar-refractivity contribution is 7.11. The van der Waals surface area contributed by atoms with Crippen molar-refractivity contribution in [3.63, 3.8) is 0 Å². The largest absolute Gasteiger partial charge is 0.482 e. The van der Waals surface area contributed by atoms with Gasteiger partial charge in [0.1, 0.15) is 11.8 Å². The van der Waals surface area contributed by atoms with Gasteiger partial charge in [-0.15, -0.1) is 11.3 Å². The second-order valence-electron chi connectivity index (χ2n) is 7.40. The van der Waals surface area contributed by atoms with Gasteiger partial charge in [0.2, 0.25) is 0 Å². The Labute approximate surface area is 169 Å². The van der Waals surface area contributed by atoms with Gasteiger partial charge in [-0.3, -0.25) is 9.69 Å². The number of nitrogens with zero attached hydrogens (tertiary/aromatic N) is 2. The predicted octanol–water partition coefficient (Wildman–Crippen LogP) is 4.13. The quantitative estimate of drug-likeness (QED) is 0.680. The van der Waals surface area contributed by atoms with Gasteiger partial charge in [0.05, 0.1) is 23.0 Å². The molecule has 1 unspecified atom stereocenters. The number of carbonyl (C=O) groups excluding carboxylic acids is 2. The molecule has 7 heteroatoms. The van der Waals surface area contributed by atoms with Crippen LogP contribution in [0.1, 0.15) is 37.1 Å². The van der Waals surface area contributed by atoms with E-state index in [0.717, 1.165) is 27.6 Å². The Morgan fingerprint density at radius 2 is 2.07 bits per heavy atom. The first-order valence-corrected chi connectivity index (χ1v) is 10.3. The molecule has 1 amide bonds. The van der Waals surface area contributed by atoms with E-state index in [0.29, 0.717) is 24.0 Å². The molecule has 0 aliphatic carbocycles. The molecule has 1 aromatic heterocycles. The van der Waals surface area contributed by atoms with Gasteiger partial charge in [-0.05, 0) is 51.3 Å². The summed E-state index contributed by atoms with van der Waals surface area (Å²) in [6, 6.07) is 4.90. The number of hydrogen-bond donors (Lipinski definition) is 0. The number of carbonyl (C=O) groups is 2. The molecule has 0 N–H and O–H groups in total. The average molecular weight is 403 g/mol. The van der Waals surface area contributed by atoms with Gasteiger partial charge >= 0.3 is 5.97 Å². The maximum atomic E-state index is 12.6. The van der Waals surface area contributed by atoms with Crippen molar-refractivity contribution in [2.75, 3.05) is 18.1 Å². The van der Waals surface area contributed by atoms with Gasteiger partial charge in [-0.2, -0.15) is 0 Å². The van der Waals surface area contributed by atoms with E-state index in [-0.39, 0.29) is 12.5 Å². The van der Waals surface area contributed by atoms with Crippen LogP contribution in [0.15, 0.2) is 18.2 Å². The molecule has 28 heavy (non-hydrogen) atoms. The normalized spacial score (nSPS) is 14.6. The molecular formula is C21H26N2O4S. The fourth-order valence-electron chi connectivity index (χ4n) is 3.16. The summed E-state index contributed by atoms with van der Waals surface area (Å²) < 4.78 is 11.0. The molecule has 1 atom stereocenters. The van der Waals surface area contributed by atoms with Crippen LogP contribution in [0, 0.1) is 19.8 Å². The summed E-state index contributed by atoms with van der Waals surface area (Å²) in [5.74, 6) is 0.355. The van der Waals surface area contributed by atoms with Gasteiger partial charge in [-0.1, -0.05) is 13.8 Å². The molecule has 6 nitrogen and oxygen atoms in total. The molecule has 150 valence electrons. The van der Waals surface area contributed by atoms with Gasteiger partial charge in [-0.25, -0.2) is 9.78 Å². The second-order valence-corrected chi connectivity index (χ2v) is 8.81. The van der Waals surface area contributed by atoms with E-state index in [1.54, 1.807) is 18.3 Å². The summed E-state index contributed by atoms with van der Waals surface area (Å²) >= 11 is 1.63. The molecule has 0 fully saturated rings. The van der Waals surface area contributed by atoms with Gasteiger partial charge < -0.3 is 9.47 Å². The molecule has 1 aromatic carbocycles. The predicted molar refractivity (Wildman–Crippen MR) is 110 cm³/mol. The van der Waals surface area contributed by atoms with Crippen molar-refractivity contribution in [3.05, 3.63) is 28.1 Å². The summed E-state index contributed by atoms with van der Waals surface area (Å²) in [6.45, 7) is 10.1. The lowest BCUT2D eigenvalue weighted by molar-refractivity contribution is -0.146. The Bertz CT molecular complexity index is 891. The first kappa shape index (κ1) is 20.3. The number of rotatable bonds is 6. The molecule has 2 heterocycles. The SMILES string of the molecule is Cc1nc(-c2ccc3c(c2)N(C(C)C(=O)OCCC(C)C)C(=O)CO3)c(C)s1. The van der Waals surface area contributed by atoms with Crippen molar-refractivity contribution in [1.82, 2.24) is 4.98 Å². The van der Waals surface area contributed by atoms with Crippen LogP contribution in [0.5, 0.6) is 5.75 Å². The van der Waals surface area contributed by atoms with E-state index in [1.807, 2.05) is 32.0 Å². The van der Waals surface area contributed by atoms with E-state index >= 15 is 0 Å². The highest BCUT2D eigenvalue weighted by Crippen LogP contribution is 2.38. The zero-order valence-corrected chi connectivity index (χ0v) is 17.8. The highest BCUT2D eigenvalue weighted by Gasteiger charge is 2.34. The first-order valence-electron chi connectivity index (χ1n) is 9.48. The van der Waals surface area contributed by atoms with Crippen molar-refractivity contribution in [2.45, 2.75) is 47.1 Å². The van der Waals surface area contributed by atoms with E-state index < -0.39 is 12.0 Å². The molecule has 1 aliphatic heterocycles. The minimum atomic E-state index is -0.726. The third-order valence-electron chi connectivity index (χ3n) is 4.68. The number of aryl methyl sites for hydroxylation is 2. The number of thiazole rings is 1. The standard InChI is InChI=1S/C21H26N2O4S/c1-12(2)8-9-26-21(25)13(3)23-17-10-16(20-14(4)28-15(5)22-20)6-7-18(17)27-11-19(23)24/h6-7,10,12-13H,8-9,11H2,1-5H3. The van der Waals surface area contributed by atoms with Crippen LogP contribution in [0.2, 0.25) is 0 Å². The summed E-state index contributed by atoms with van der Waals surface area (Å²) in [6.07, 6.45) is 0.790. The number of anilines is 1. The van der Waals surface area contributed by atoms with Crippen LogP contribution in [0.25, 0.3) is 11.3 Å². The lowest BCUT2D eigenvalue weighted by Crippen LogP contribution is -2.48. The number of ether oxygens (including phenoxy) is 2.